The number of amides is 2. The van der Waals surface area contributed by atoms with Gasteiger partial charge < -0.3 is 19.7 Å². The van der Waals surface area contributed by atoms with Gasteiger partial charge in [-0.2, -0.15) is 5.10 Å². The normalized spacial score (nSPS) is 12.9. The first-order chi connectivity index (χ1) is 16.1. The molecule has 0 saturated heterocycles. The average molecular weight is 449 g/mol. The molecule has 0 bridgehead atoms. The van der Waals surface area contributed by atoms with Crippen molar-refractivity contribution < 1.29 is 14.3 Å². The van der Waals surface area contributed by atoms with Crippen molar-refractivity contribution in [3.05, 3.63) is 60.2 Å². The molecular formula is C26H32N4O3. The molecule has 1 fully saturated rings. The molecule has 33 heavy (non-hydrogen) atoms. The summed E-state index contributed by atoms with van der Waals surface area (Å²) in [5.41, 5.74) is 2.71. The fraction of sp³-hybridized carbons (Fsp3) is 0.385. The van der Waals surface area contributed by atoms with Gasteiger partial charge in [0.15, 0.2) is 0 Å². The molecule has 0 atom stereocenters. The van der Waals surface area contributed by atoms with Crippen LogP contribution >= 0.6 is 0 Å². The highest BCUT2D eigenvalue weighted by molar-refractivity contribution is 5.75. The van der Waals surface area contributed by atoms with Crippen LogP contribution in [0.1, 0.15) is 31.7 Å². The number of ether oxygens (including phenoxy) is 2. The van der Waals surface area contributed by atoms with E-state index in [9.17, 15) is 4.79 Å². The number of urea groups is 1. The summed E-state index contributed by atoms with van der Waals surface area (Å²) in [5, 5.41) is 7.83. The number of carbonyl (C=O) groups excluding carboxylic acids is 1. The number of nitrogens with zero attached hydrogens (tertiary/aromatic N) is 3. The van der Waals surface area contributed by atoms with Crippen molar-refractivity contribution in [2.75, 3.05) is 20.2 Å². The van der Waals surface area contributed by atoms with Crippen LogP contribution in [0.2, 0.25) is 0 Å². The van der Waals surface area contributed by atoms with Crippen LogP contribution in [0.5, 0.6) is 17.4 Å². The molecule has 1 N–H and O–H groups in total. The van der Waals surface area contributed by atoms with E-state index in [2.05, 4.69) is 12.2 Å². The Morgan fingerprint density at radius 2 is 1.82 bits per heavy atom. The standard InChI is InChI=1S/C26H32N4O3/c1-4-16-27-26(31)30(17-19-10-11-19)18-23-24(20-8-6-5-7-9-20)28-29(2)25(23)33-22-14-12-21(32-3)13-15-22/h5-9,12-15,19H,4,10-11,16-18H2,1-3H3,(H,27,31). The Balaban J connectivity index is 1.69. The maximum absolute atomic E-state index is 13.0. The summed E-state index contributed by atoms with van der Waals surface area (Å²) in [6.45, 7) is 3.88. The van der Waals surface area contributed by atoms with Crippen molar-refractivity contribution in [3.63, 3.8) is 0 Å². The highest BCUT2D eigenvalue weighted by Gasteiger charge is 2.29. The van der Waals surface area contributed by atoms with E-state index in [0.717, 1.165) is 35.5 Å². The monoisotopic (exact) mass is 448 g/mol. The highest BCUT2D eigenvalue weighted by Crippen LogP contribution is 2.36. The number of rotatable bonds is 10. The molecule has 1 aliphatic carbocycles. The second-order valence-corrected chi connectivity index (χ2v) is 8.46. The van der Waals surface area contributed by atoms with E-state index in [1.165, 1.54) is 12.8 Å². The maximum atomic E-state index is 13.0. The minimum atomic E-state index is -0.0398. The molecule has 174 valence electrons. The van der Waals surface area contributed by atoms with Gasteiger partial charge in [-0.1, -0.05) is 37.3 Å². The van der Waals surface area contributed by atoms with Gasteiger partial charge in [-0.25, -0.2) is 9.48 Å². The quantitative estimate of drug-likeness (QED) is 0.462. The third-order valence-corrected chi connectivity index (χ3v) is 5.75. The van der Waals surface area contributed by atoms with Crippen LogP contribution in [0.3, 0.4) is 0 Å². The van der Waals surface area contributed by atoms with Crippen molar-refractivity contribution in [1.29, 1.82) is 0 Å². The number of hydrogen-bond acceptors (Lipinski definition) is 4. The van der Waals surface area contributed by atoms with E-state index in [-0.39, 0.29) is 6.03 Å². The predicted molar refractivity (Wildman–Crippen MR) is 129 cm³/mol. The Kier molecular flexibility index (Phi) is 7.17. The summed E-state index contributed by atoms with van der Waals surface area (Å²) in [7, 11) is 3.51. The molecular weight excluding hydrogens is 416 g/mol. The zero-order chi connectivity index (χ0) is 23.2. The van der Waals surface area contributed by atoms with Crippen molar-refractivity contribution in [1.82, 2.24) is 20.0 Å². The lowest BCUT2D eigenvalue weighted by atomic mass is 10.1. The zero-order valence-electron chi connectivity index (χ0n) is 19.6. The van der Waals surface area contributed by atoms with Gasteiger partial charge in [-0.15, -0.1) is 0 Å². The van der Waals surface area contributed by atoms with Crippen LogP contribution < -0.4 is 14.8 Å². The Bertz CT molecular complexity index is 1060. The number of aryl methyl sites for hydroxylation is 1. The van der Waals surface area contributed by atoms with Crippen LogP contribution in [-0.4, -0.2) is 40.9 Å². The summed E-state index contributed by atoms with van der Waals surface area (Å²) in [5.74, 6) is 2.65. The third kappa shape index (κ3) is 5.66. The fourth-order valence-corrected chi connectivity index (χ4v) is 3.77. The first-order valence-corrected chi connectivity index (χ1v) is 11.5. The summed E-state index contributed by atoms with van der Waals surface area (Å²) in [6.07, 6.45) is 3.24. The van der Waals surface area contributed by atoms with E-state index < -0.39 is 0 Å². The SMILES string of the molecule is CCCNC(=O)N(Cc1c(-c2ccccc2)nn(C)c1Oc1ccc(OC)cc1)CC1CC1. The maximum Gasteiger partial charge on any atom is 0.317 e. The largest absolute Gasteiger partial charge is 0.497 e. The van der Waals surface area contributed by atoms with Crippen molar-refractivity contribution in [2.45, 2.75) is 32.7 Å². The minimum Gasteiger partial charge on any atom is -0.497 e. The van der Waals surface area contributed by atoms with Crippen LogP contribution in [0.15, 0.2) is 54.6 Å². The van der Waals surface area contributed by atoms with E-state index in [1.807, 2.05) is 66.5 Å². The van der Waals surface area contributed by atoms with Gasteiger partial charge in [-0.05, 0) is 49.4 Å². The smallest absolute Gasteiger partial charge is 0.317 e. The van der Waals surface area contributed by atoms with Crippen molar-refractivity contribution >= 4 is 6.03 Å². The average Bonchev–Trinajstić information content (AvgIpc) is 3.62. The summed E-state index contributed by atoms with van der Waals surface area (Å²) < 4.78 is 13.3. The Hall–Kier alpha value is -3.48. The minimum absolute atomic E-state index is 0.0398. The lowest BCUT2D eigenvalue weighted by molar-refractivity contribution is 0.192. The molecule has 1 heterocycles. The molecule has 4 rings (SSSR count). The Morgan fingerprint density at radius 3 is 2.45 bits per heavy atom. The van der Waals surface area contributed by atoms with Crippen LogP contribution in [-0.2, 0) is 13.6 Å². The molecule has 0 spiro atoms. The van der Waals surface area contributed by atoms with Crippen molar-refractivity contribution in [3.8, 4) is 28.6 Å². The second kappa shape index (κ2) is 10.4. The van der Waals surface area contributed by atoms with Gasteiger partial charge in [0.25, 0.3) is 0 Å². The number of benzene rings is 2. The third-order valence-electron chi connectivity index (χ3n) is 5.75. The molecule has 1 saturated carbocycles. The first kappa shape index (κ1) is 22.7. The first-order valence-electron chi connectivity index (χ1n) is 11.5. The molecule has 2 amide bonds. The Morgan fingerprint density at radius 1 is 1.12 bits per heavy atom. The number of hydrogen-bond donors (Lipinski definition) is 1. The number of carbonyl (C=O) groups is 1. The molecule has 7 nitrogen and oxygen atoms in total. The van der Waals surface area contributed by atoms with E-state index in [1.54, 1.807) is 11.8 Å². The molecule has 1 aliphatic rings. The Labute approximate surface area is 195 Å². The van der Waals surface area contributed by atoms with Gasteiger partial charge in [0, 0.05) is 25.7 Å². The summed E-state index contributed by atoms with van der Waals surface area (Å²) in [4.78, 5) is 14.9. The van der Waals surface area contributed by atoms with E-state index >= 15 is 0 Å². The van der Waals surface area contributed by atoms with Gasteiger partial charge in [0.2, 0.25) is 5.88 Å². The topological polar surface area (TPSA) is 68.6 Å². The highest BCUT2D eigenvalue weighted by atomic mass is 16.5. The lowest BCUT2D eigenvalue weighted by Gasteiger charge is -2.24. The molecule has 1 aromatic heterocycles. The van der Waals surface area contributed by atoms with Gasteiger partial charge in [-0.3, -0.25) is 0 Å². The van der Waals surface area contributed by atoms with Gasteiger partial charge >= 0.3 is 6.03 Å². The van der Waals surface area contributed by atoms with Crippen LogP contribution in [0.4, 0.5) is 4.79 Å². The predicted octanol–water partition coefficient (Wildman–Crippen LogP) is 5.22. The van der Waals surface area contributed by atoms with Crippen LogP contribution in [0.25, 0.3) is 11.3 Å². The molecule has 3 aromatic rings. The number of methoxy groups -OCH3 is 1. The van der Waals surface area contributed by atoms with Crippen molar-refractivity contribution in [2.24, 2.45) is 13.0 Å². The number of nitrogens with one attached hydrogen (secondary N) is 1. The fourth-order valence-electron chi connectivity index (χ4n) is 3.77. The molecule has 0 radical (unpaired) electrons. The van der Waals surface area contributed by atoms with Gasteiger partial charge in [0.05, 0.1) is 19.2 Å². The molecule has 0 aliphatic heterocycles. The van der Waals surface area contributed by atoms with Crippen LogP contribution in [0, 0.1) is 5.92 Å². The summed E-state index contributed by atoms with van der Waals surface area (Å²) >= 11 is 0. The second-order valence-electron chi connectivity index (χ2n) is 8.46. The summed E-state index contributed by atoms with van der Waals surface area (Å²) in [6, 6.07) is 17.5. The number of aromatic nitrogens is 2. The van der Waals surface area contributed by atoms with E-state index in [4.69, 9.17) is 14.6 Å². The molecule has 0 unspecified atom stereocenters. The molecule has 2 aromatic carbocycles. The lowest BCUT2D eigenvalue weighted by Crippen LogP contribution is -2.41. The zero-order valence-corrected chi connectivity index (χ0v) is 19.6. The molecule has 7 heteroatoms. The van der Waals surface area contributed by atoms with E-state index in [0.29, 0.717) is 30.6 Å². The van der Waals surface area contributed by atoms with Gasteiger partial charge in [0.1, 0.15) is 17.2 Å².